The van der Waals surface area contributed by atoms with Crippen molar-refractivity contribution in [1.82, 2.24) is 13.7 Å². The number of aryl methyl sites for hydroxylation is 3. The van der Waals surface area contributed by atoms with Crippen molar-refractivity contribution in [3.63, 3.8) is 0 Å². The third-order valence-corrected chi connectivity index (χ3v) is 6.03. The molecule has 2 aromatic heterocycles. The second-order valence-corrected chi connectivity index (χ2v) is 9.66. The summed E-state index contributed by atoms with van der Waals surface area (Å²) >= 11 is 1.15. The van der Waals surface area contributed by atoms with E-state index in [4.69, 9.17) is 19.6 Å². The maximum atomic E-state index is 14.3. The molecule has 0 fully saturated rings. The summed E-state index contributed by atoms with van der Waals surface area (Å²) in [4.78, 5) is 16.4. The number of imidazole rings is 1. The van der Waals surface area contributed by atoms with Gasteiger partial charge in [0.2, 0.25) is 0 Å². The fraction of sp³-hybridized carbons (Fsp3) is 0.231. The van der Waals surface area contributed by atoms with Crippen LogP contribution in [-0.4, -0.2) is 40.3 Å². The molecule has 0 unspecified atom stereocenters. The maximum absolute atomic E-state index is 14.3. The highest BCUT2D eigenvalue weighted by atomic mass is 32.2. The van der Waals surface area contributed by atoms with E-state index in [1.165, 1.54) is 12.3 Å². The van der Waals surface area contributed by atoms with Gasteiger partial charge in [-0.1, -0.05) is 18.2 Å². The SMILES string of the molecule is Cc1cccc(C)c1Nc1c(-c2c(C)cc(OSN(C)C)cc2OCC(N)=O)nc2ccc(F)cn12. The molecule has 0 bridgehead atoms. The summed E-state index contributed by atoms with van der Waals surface area (Å²) in [7, 11) is 3.72. The number of hydrogen-bond acceptors (Lipinski definition) is 7. The highest BCUT2D eigenvalue weighted by Gasteiger charge is 2.23. The Kier molecular flexibility index (Phi) is 7.37. The smallest absolute Gasteiger partial charge is 0.255 e. The van der Waals surface area contributed by atoms with Crippen molar-refractivity contribution >= 4 is 35.3 Å². The number of primary amides is 1. The van der Waals surface area contributed by atoms with E-state index in [9.17, 15) is 9.18 Å². The number of carbonyl (C=O) groups excluding carboxylic acids is 1. The van der Waals surface area contributed by atoms with Crippen molar-refractivity contribution in [2.45, 2.75) is 20.8 Å². The average molecular weight is 510 g/mol. The molecule has 2 aromatic carbocycles. The predicted molar refractivity (Wildman–Crippen MR) is 141 cm³/mol. The van der Waals surface area contributed by atoms with Gasteiger partial charge >= 0.3 is 0 Å². The lowest BCUT2D eigenvalue weighted by atomic mass is 10.0. The molecule has 2 heterocycles. The van der Waals surface area contributed by atoms with Gasteiger partial charge in [-0.05, 0) is 55.7 Å². The van der Waals surface area contributed by atoms with Crippen molar-refractivity contribution in [3.8, 4) is 22.8 Å². The molecule has 0 saturated heterocycles. The zero-order valence-corrected chi connectivity index (χ0v) is 21.6. The summed E-state index contributed by atoms with van der Waals surface area (Å²) in [5, 5.41) is 3.48. The summed E-state index contributed by atoms with van der Waals surface area (Å²) in [6, 6.07) is 12.5. The zero-order valence-electron chi connectivity index (χ0n) is 20.8. The van der Waals surface area contributed by atoms with Crippen molar-refractivity contribution in [2.75, 3.05) is 26.0 Å². The minimum absolute atomic E-state index is 0.321. The Morgan fingerprint density at radius 2 is 1.86 bits per heavy atom. The van der Waals surface area contributed by atoms with Crippen LogP contribution >= 0.6 is 12.2 Å². The first-order chi connectivity index (χ1) is 17.1. The number of fused-ring (bicyclic) bond motifs is 1. The van der Waals surface area contributed by atoms with E-state index in [1.54, 1.807) is 20.8 Å². The summed E-state index contributed by atoms with van der Waals surface area (Å²) in [6.07, 6.45) is 1.38. The van der Waals surface area contributed by atoms with Crippen molar-refractivity contribution in [1.29, 1.82) is 0 Å². The van der Waals surface area contributed by atoms with Gasteiger partial charge in [-0.3, -0.25) is 9.20 Å². The van der Waals surface area contributed by atoms with E-state index in [1.807, 2.05) is 59.1 Å². The Balaban J connectivity index is 1.93. The third-order valence-electron chi connectivity index (χ3n) is 5.47. The van der Waals surface area contributed by atoms with Gasteiger partial charge in [0, 0.05) is 37.6 Å². The zero-order chi connectivity index (χ0) is 26.0. The molecule has 0 aliphatic carbocycles. The Morgan fingerprint density at radius 3 is 2.53 bits per heavy atom. The lowest BCUT2D eigenvalue weighted by molar-refractivity contribution is -0.119. The largest absolute Gasteiger partial charge is 0.483 e. The fourth-order valence-corrected chi connectivity index (χ4v) is 4.23. The highest BCUT2D eigenvalue weighted by molar-refractivity contribution is 7.92. The molecule has 0 spiro atoms. The first kappa shape index (κ1) is 25.3. The summed E-state index contributed by atoms with van der Waals surface area (Å²) in [6.45, 7) is 5.57. The van der Waals surface area contributed by atoms with Gasteiger partial charge < -0.3 is 20.0 Å². The van der Waals surface area contributed by atoms with Gasteiger partial charge in [0.05, 0.1) is 0 Å². The van der Waals surface area contributed by atoms with Crippen LogP contribution in [0.3, 0.4) is 0 Å². The number of carbonyl (C=O) groups is 1. The van der Waals surface area contributed by atoms with Gasteiger partial charge in [-0.15, -0.1) is 0 Å². The second kappa shape index (κ2) is 10.5. The molecule has 10 heteroatoms. The van der Waals surface area contributed by atoms with Crippen LogP contribution in [0.15, 0.2) is 48.7 Å². The average Bonchev–Trinajstić information content (AvgIpc) is 3.15. The molecule has 188 valence electrons. The molecule has 4 rings (SSSR count). The van der Waals surface area contributed by atoms with Gasteiger partial charge in [0.15, 0.2) is 6.61 Å². The van der Waals surface area contributed by atoms with Gasteiger partial charge in [0.25, 0.3) is 5.91 Å². The third kappa shape index (κ3) is 5.39. The van der Waals surface area contributed by atoms with E-state index in [0.717, 1.165) is 34.6 Å². The lowest BCUT2D eigenvalue weighted by Gasteiger charge is -2.18. The number of nitrogens with one attached hydrogen (secondary N) is 1. The minimum atomic E-state index is -0.612. The van der Waals surface area contributed by atoms with E-state index in [-0.39, 0.29) is 6.61 Å². The molecule has 3 N–H and O–H groups in total. The van der Waals surface area contributed by atoms with Crippen molar-refractivity contribution in [3.05, 3.63) is 71.2 Å². The van der Waals surface area contributed by atoms with Gasteiger partial charge in [-0.25, -0.2) is 13.7 Å². The number of pyridine rings is 1. The van der Waals surface area contributed by atoms with E-state index in [0.29, 0.717) is 34.2 Å². The summed E-state index contributed by atoms with van der Waals surface area (Å²) in [5.41, 5.74) is 10.8. The fourth-order valence-electron chi connectivity index (χ4n) is 3.90. The number of amides is 1. The second-order valence-electron chi connectivity index (χ2n) is 8.61. The number of ether oxygens (including phenoxy) is 1. The molecule has 4 aromatic rings. The maximum Gasteiger partial charge on any atom is 0.255 e. The minimum Gasteiger partial charge on any atom is -0.483 e. The topological polar surface area (TPSA) is 94.1 Å². The Bertz CT molecular complexity index is 1420. The summed E-state index contributed by atoms with van der Waals surface area (Å²) < 4.78 is 29.4. The number of hydrogen-bond donors (Lipinski definition) is 2. The Hall–Kier alpha value is -3.76. The summed E-state index contributed by atoms with van der Waals surface area (Å²) in [5.74, 6) is 0.455. The van der Waals surface area contributed by atoms with E-state index < -0.39 is 11.7 Å². The van der Waals surface area contributed by atoms with Crippen LogP contribution in [0.5, 0.6) is 11.5 Å². The number of para-hydroxylation sites is 1. The quantitative estimate of drug-likeness (QED) is 0.237. The van der Waals surface area contributed by atoms with Crippen molar-refractivity contribution in [2.24, 2.45) is 5.73 Å². The molecule has 0 radical (unpaired) electrons. The van der Waals surface area contributed by atoms with Crippen LogP contribution in [-0.2, 0) is 4.79 Å². The van der Waals surface area contributed by atoms with Crippen LogP contribution in [0.4, 0.5) is 15.9 Å². The highest BCUT2D eigenvalue weighted by Crippen LogP contribution is 2.42. The number of halogens is 1. The normalized spacial score (nSPS) is 11.2. The molecule has 1 amide bonds. The Morgan fingerprint density at radius 1 is 1.14 bits per heavy atom. The standard InChI is InChI=1S/C26H28FN5O3S/c1-15-7-6-8-16(2)24(15)30-26-25(29-22-10-9-18(27)13-32(22)26)23-17(3)11-19(35-36-31(4)5)12-20(23)34-14-21(28)33/h6-13,30H,14H2,1-5H3,(H2,28,33). The van der Waals surface area contributed by atoms with E-state index >= 15 is 0 Å². The number of nitrogens with zero attached hydrogens (tertiary/aromatic N) is 3. The number of nitrogens with two attached hydrogens (primary N) is 1. The number of benzene rings is 2. The number of rotatable bonds is 9. The van der Waals surface area contributed by atoms with E-state index in [2.05, 4.69) is 5.32 Å². The number of anilines is 2. The molecule has 36 heavy (non-hydrogen) atoms. The van der Waals surface area contributed by atoms with Crippen LogP contribution < -0.4 is 20.0 Å². The molecule has 8 nitrogen and oxygen atoms in total. The van der Waals surface area contributed by atoms with Crippen molar-refractivity contribution < 1.29 is 18.1 Å². The molecular formula is C26H28FN5O3S. The number of aromatic nitrogens is 2. The van der Waals surface area contributed by atoms with Crippen LogP contribution in [0.25, 0.3) is 16.9 Å². The first-order valence-electron chi connectivity index (χ1n) is 11.2. The molecule has 0 aliphatic rings. The first-order valence-corrected chi connectivity index (χ1v) is 11.9. The van der Waals surface area contributed by atoms with Crippen LogP contribution in [0, 0.1) is 26.6 Å². The molecule has 0 aliphatic heterocycles. The molecule has 0 saturated carbocycles. The molecule has 0 atom stereocenters. The van der Waals surface area contributed by atoms with Gasteiger partial charge in [-0.2, -0.15) is 0 Å². The van der Waals surface area contributed by atoms with Gasteiger partial charge in [0.1, 0.15) is 46.7 Å². The monoisotopic (exact) mass is 509 g/mol. The lowest BCUT2D eigenvalue weighted by Crippen LogP contribution is -2.20. The van der Waals surface area contributed by atoms with Crippen LogP contribution in [0.2, 0.25) is 0 Å². The molecular weight excluding hydrogens is 481 g/mol. The Labute approximate surface area is 213 Å². The van der Waals surface area contributed by atoms with Crippen LogP contribution in [0.1, 0.15) is 16.7 Å². The predicted octanol–water partition coefficient (Wildman–Crippen LogP) is 5.18.